The molecular weight excluding hydrogens is 626 g/mol. The van der Waals surface area contributed by atoms with E-state index in [4.69, 9.17) is 11.5 Å². The number of aromatic amines is 1. The van der Waals surface area contributed by atoms with Gasteiger partial charge in [-0.25, -0.2) is 14.6 Å². The molecule has 0 saturated heterocycles. The van der Waals surface area contributed by atoms with E-state index in [1.54, 1.807) is 18.2 Å². The lowest BCUT2D eigenvalue weighted by molar-refractivity contribution is -0.150. The largest absolute Gasteiger partial charge is 0.481 e. The second kappa shape index (κ2) is 15.2. The molecule has 4 rings (SSSR count). The number of carbonyl (C=O) groups is 5. The Bertz CT molecular complexity index is 1830. The minimum Gasteiger partial charge on any atom is -0.481 e. The van der Waals surface area contributed by atoms with Gasteiger partial charge in [-0.2, -0.15) is 0 Å². The molecule has 3 atom stereocenters. The van der Waals surface area contributed by atoms with Crippen LogP contribution in [0, 0.1) is 12.3 Å². The molecule has 3 aromatic rings. The van der Waals surface area contributed by atoms with Gasteiger partial charge in [0.15, 0.2) is 0 Å². The highest BCUT2D eigenvalue weighted by molar-refractivity contribution is 5.97. The van der Waals surface area contributed by atoms with Crippen LogP contribution < -0.4 is 15.8 Å². The predicted octanol–water partition coefficient (Wildman–Crippen LogP) is 1.28. The van der Waals surface area contributed by atoms with Crippen LogP contribution in [0.15, 0.2) is 41.2 Å². The molecule has 15 heteroatoms. The monoisotopic (exact) mass is 661 g/mol. The van der Waals surface area contributed by atoms with Crippen LogP contribution in [0.1, 0.15) is 65.5 Å². The lowest BCUT2D eigenvalue weighted by Crippen LogP contribution is -2.45. The quantitative estimate of drug-likeness (QED) is 0.127. The number of carboxylic acid groups (broad SMARTS) is 3. The van der Waals surface area contributed by atoms with Gasteiger partial charge in [0.25, 0.3) is 11.5 Å². The summed E-state index contributed by atoms with van der Waals surface area (Å²) in [6.45, 7) is -0.177. The van der Waals surface area contributed by atoms with E-state index in [0.29, 0.717) is 29.4 Å². The molecule has 0 bridgehead atoms. The van der Waals surface area contributed by atoms with Gasteiger partial charge in [-0.05, 0) is 73.2 Å². The molecule has 252 valence electrons. The van der Waals surface area contributed by atoms with Crippen molar-refractivity contribution in [1.29, 1.82) is 0 Å². The molecule has 15 nitrogen and oxygen atoms in total. The van der Waals surface area contributed by atoms with Gasteiger partial charge in [-0.3, -0.25) is 19.2 Å². The average molecular weight is 662 g/mol. The van der Waals surface area contributed by atoms with E-state index in [9.17, 15) is 44.1 Å². The van der Waals surface area contributed by atoms with E-state index in [-0.39, 0.29) is 42.4 Å². The molecule has 0 radical (unpaired) electrons. The summed E-state index contributed by atoms with van der Waals surface area (Å²) in [7, 11) is 1.19. The van der Waals surface area contributed by atoms with Crippen molar-refractivity contribution < 1.29 is 44.4 Å². The molecule has 48 heavy (non-hydrogen) atoms. The van der Waals surface area contributed by atoms with Crippen molar-refractivity contribution in [3.8, 4) is 12.3 Å². The van der Waals surface area contributed by atoms with E-state index in [1.165, 1.54) is 19.2 Å². The van der Waals surface area contributed by atoms with Crippen LogP contribution in [0.5, 0.6) is 0 Å². The number of terminal acetylenes is 1. The Hall–Kier alpha value is -5.75. The Labute approximate surface area is 274 Å². The third-order valence-corrected chi connectivity index (χ3v) is 8.34. The van der Waals surface area contributed by atoms with Crippen LogP contribution in [0.2, 0.25) is 0 Å². The van der Waals surface area contributed by atoms with E-state index in [1.807, 2.05) is 11.0 Å². The number of likely N-dealkylation sites (N-methyl/N-ethyl adjacent to an activating group) is 1. The van der Waals surface area contributed by atoms with Crippen molar-refractivity contribution in [3.63, 3.8) is 0 Å². The fourth-order valence-corrected chi connectivity index (χ4v) is 5.81. The zero-order valence-electron chi connectivity index (χ0n) is 26.0. The number of amides is 2. The van der Waals surface area contributed by atoms with E-state index in [2.05, 4.69) is 21.2 Å². The van der Waals surface area contributed by atoms with Crippen molar-refractivity contribution in [2.24, 2.45) is 0 Å². The molecule has 1 aliphatic rings. The molecule has 0 spiro atoms. The van der Waals surface area contributed by atoms with E-state index >= 15 is 0 Å². The van der Waals surface area contributed by atoms with Gasteiger partial charge in [0.05, 0.1) is 23.5 Å². The van der Waals surface area contributed by atoms with Crippen LogP contribution in [0.3, 0.4) is 0 Å². The molecule has 0 aliphatic heterocycles. The van der Waals surface area contributed by atoms with Gasteiger partial charge in [-0.15, -0.1) is 6.42 Å². The summed E-state index contributed by atoms with van der Waals surface area (Å²) >= 11 is 0. The number of aryl methyl sites for hydroxylation is 1. The Morgan fingerprint density at radius 2 is 1.77 bits per heavy atom. The summed E-state index contributed by atoms with van der Waals surface area (Å²) < 4.78 is 0. The number of hydrogen-bond acceptors (Lipinski definition) is 9. The number of nitrogens with one attached hydrogen (secondary N) is 2. The Morgan fingerprint density at radius 3 is 2.38 bits per heavy atom. The number of aliphatic carboxylic acids is 3. The molecule has 0 saturated carbocycles. The normalized spacial score (nSPS) is 14.7. The summed E-state index contributed by atoms with van der Waals surface area (Å²) in [4.78, 5) is 82.3. The highest BCUT2D eigenvalue weighted by Crippen LogP contribution is 2.39. The summed E-state index contributed by atoms with van der Waals surface area (Å²) in [5.41, 5.74) is 2.85. The first-order chi connectivity index (χ1) is 22.8. The number of fused-ring (bicyclic) bond motifs is 2. The topological polar surface area (TPSA) is 231 Å². The summed E-state index contributed by atoms with van der Waals surface area (Å²) in [5.74, 6) is -2.62. The number of anilines is 1. The fourth-order valence-electron chi connectivity index (χ4n) is 5.81. The Balaban J connectivity index is 1.45. The van der Waals surface area contributed by atoms with E-state index in [0.717, 1.165) is 16.0 Å². The SMILES string of the molecule is C#CCN(c1ccc(C(=O)N[C@@H](CCC(=O)N(C)[C@@H](CCC(=O)O)C(=O)O)C(=O)O)cc1)[C@H]1CCc2cc3nc(CO)[nH]c(=O)c3cc21. The highest BCUT2D eigenvalue weighted by atomic mass is 16.4. The number of carbonyl (C=O) groups excluding carboxylic acids is 2. The van der Waals surface area contributed by atoms with Crippen LogP contribution in [-0.4, -0.2) is 90.7 Å². The van der Waals surface area contributed by atoms with Gasteiger partial charge in [0.2, 0.25) is 5.91 Å². The molecule has 2 amide bonds. The molecule has 0 unspecified atom stereocenters. The maximum absolute atomic E-state index is 13.0. The summed E-state index contributed by atoms with van der Waals surface area (Å²) in [6, 6.07) is 6.92. The average Bonchev–Trinajstić information content (AvgIpc) is 3.46. The molecule has 2 aromatic carbocycles. The van der Waals surface area contributed by atoms with Gasteiger partial charge in [-0.1, -0.05) is 5.92 Å². The van der Waals surface area contributed by atoms with Crippen LogP contribution in [0.25, 0.3) is 10.9 Å². The molecular formula is C33H35N5O10. The first-order valence-electron chi connectivity index (χ1n) is 15.0. The maximum atomic E-state index is 13.0. The van der Waals surface area contributed by atoms with Crippen LogP contribution in [0.4, 0.5) is 5.69 Å². The van der Waals surface area contributed by atoms with Gasteiger partial charge < -0.3 is 40.5 Å². The second-order valence-corrected chi connectivity index (χ2v) is 11.4. The van der Waals surface area contributed by atoms with Crippen molar-refractivity contribution >= 4 is 46.3 Å². The molecule has 1 heterocycles. The Kier molecular flexibility index (Phi) is 11.1. The maximum Gasteiger partial charge on any atom is 0.326 e. The first-order valence-corrected chi connectivity index (χ1v) is 15.0. The lowest BCUT2D eigenvalue weighted by atomic mass is 10.0. The number of rotatable bonds is 15. The second-order valence-electron chi connectivity index (χ2n) is 11.4. The number of nitrogens with zero attached hydrogens (tertiary/aromatic N) is 3. The number of aliphatic hydroxyl groups is 1. The lowest BCUT2D eigenvalue weighted by Gasteiger charge is -2.30. The minimum atomic E-state index is -1.47. The van der Waals surface area contributed by atoms with Crippen molar-refractivity contribution in [2.45, 2.75) is 63.3 Å². The van der Waals surface area contributed by atoms with Crippen molar-refractivity contribution in [3.05, 3.63) is 69.3 Å². The molecule has 6 N–H and O–H groups in total. The fraction of sp³-hybridized carbons (Fsp3) is 0.364. The molecule has 1 aromatic heterocycles. The minimum absolute atomic E-state index is 0.142. The first kappa shape index (κ1) is 35.1. The zero-order chi connectivity index (χ0) is 35.1. The van der Waals surface area contributed by atoms with Crippen molar-refractivity contribution in [1.82, 2.24) is 20.2 Å². The number of H-pyrrole nitrogens is 1. The number of hydrogen-bond donors (Lipinski definition) is 6. The summed E-state index contributed by atoms with van der Waals surface area (Å²) in [5, 5.41) is 40.1. The number of benzene rings is 2. The predicted molar refractivity (Wildman–Crippen MR) is 171 cm³/mol. The van der Waals surface area contributed by atoms with Gasteiger partial charge in [0, 0.05) is 31.1 Å². The van der Waals surface area contributed by atoms with Crippen molar-refractivity contribution in [2.75, 3.05) is 18.5 Å². The molecule has 0 fully saturated rings. The number of aliphatic hydroxyl groups excluding tert-OH is 1. The Morgan fingerprint density at radius 1 is 1.06 bits per heavy atom. The molecule has 1 aliphatic carbocycles. The highest BCUT2D eigenvalue weighted by Gasteiger charge is 2.31. The van der Waals surface area contributed by atoms with Gasteiger partial charge in [0.1, 0.15) is 24.5 Å². The third-order valence-electron chi connectivity index (χ3n) is 8.34. The summed E-state index contributed by atoms with van der Waals surface area (Å²) in [6.07, 6.45) is 5.57. The third kappa shape index (κ3) is 7.96. The zero-order valence-corrected chi connectivity index (χ0v) is 26.0. The van der Waals surface area contributed by atoms with Crippen LogP contribution >= 0.6 is 0 Å². The number of aromatic nitrogens is 2. The van der Waals surface area contributed by atoms with Gasteiger partial charge >= 0.3 is 17.9 Å². The standard InChI is InChI=1S/C33H35N5O10/c1-3-14-38(25-10-6-19-15-24-22(16-21(19)25)31(44)36-27(17-39)34-24)20-7-4-18(5-8-20)30(43)35-23(32(45)46)9-12-28(40)37(2)26(33(47)48)11-13-29(41)42/h1,4-5,7-8,15-16,23,25-26,39H,6,9-14,17H2,2H3,(H,35,43)(H,41,42)(H,45,46)(H,47,48)(H,34,36,44)/t23-,25-,26-/m0/s1. The smallest absolute Gasteiger partial charge is 0.326 e. The van der Waals surface area contributed by atoms with Crippen LogP contribution in [-0.2, 0) is 32.2 Å². The number of carboxylic acids is 3. The van der Waals surface area contributed by atoms with E-state index < -0.39 is 61.3 Å².